The van der Waals surface area contributed by atoms with Crippen LogP contribution in [0.4, 0.5) is 0 Å². The zero-order chi connectivity index (χ0) is 7.61. The van der Waals surface area contributed by atoms with Crippen LogP contribution in [0.3, 0.4) is 0 Å². The van der Waals surface area contributed by atoms with Crippen LogP contribution in [0.5, 0.6) is 0 Å². The molecule has 0 saturated heterocycles. The molecule has 0 heterocycles. The minimum absolute atomic E-state index is 0. The van der Waals surface area contributed by atoms with Gasteiger partial charge in [-0.05, 0) is 0 Å². The maximum absolute atomic E-state index is 2.47. The van der Waals surface area contributed by atoms with Crippen molar-refractivity contribution in [2.45, 2.75) is 40.0 Å². The molecule has 6 heteroatoms. The first kappa shape index (κ1) is 38.3. The summed E-state index contributed by atoms with van der Waals surface area (Å²) in [4.78, 5) is 0. The van der Waals surface area contributed by atoms with Gasteiger partial charge in [0.1, 0.15) is 0 Å². The Labute approximate surface area is 253 Å². The van der Waals surface area contributed by atoms with Gasteiger partial charge in [0.15, 0.2) is 0 Å². The standard InChI is InChI=1S/C10H18.6Y/c1-10(2,3)8-9-6-4-5-7-9;;;;;;/h6,8-9H,4-5,7H2,1-3H3;;;;;;/q-2;;;;;;. The van der Waals surface area contributed by atoms with Crippen molar-refractivity contribution in [3.05, 3.63) is 12.8 Å². The summed E-state index contributed by atoms with van der Waals surface area (Å²) in [6.45, 7) is 6.83. The van der Waals surface area contributed by atoms with E-state index in [1.807, 2.05) is 0 Å². The van der Waals surface area contributed by atoms with E-state index in [9.17, 15) is 0 Å². The van der Waals surface area contributed by atoms with E-state index >= 15 is 0 Å². The van der Waals surface area contributed by atoms with E-state index < -0.39 is 0 Å². The summed E-state index contributed by atoms with van der Waals surface area (Å²) in [7, 11) is 0. The topological polar surface area (TPSA) is 0 Å². The van der Waals surface area contributed by atoms with E-state index in [0.29, 0.717) is 5.41 Å². The Morgan fingerprint density at radius 3 is 1.62 bits per heavy atom. The number of hydrogen-bond donors (Lipinski definition) is 0. The van der Waals surface area contributed by atoms with E-state index in [2.05, 4.69) is 33.6 Å². The molecule has 0 amide bonds. The molecule has 0 aromatic carbocycles. The van der Waals surface area contributed by atoms with Crippen LogP contribution in [-0.4, -0.2) is 0 Å². The van der Waals surface area contributed by atoms with Crippen LogP contribution < -0.4 is 0 Å². The van der Waals surface area contributed by atoms with Gasteiger partial charge in [0, 0.05) is 196 Å². The van der Waals surface area contributed by atoms with Gasteiger partial charge in [-0.25, -0.2) is 0 Å². The minimum atomic E-state index is 0. The second-order valence-corrected chi connectivity index (χ2v) is 4.36. The Morgan fingerprint density at radius 2 is 1.38 bits per heavy atom. The maximum atomic E-state index is 2.47. The van der Waals surface area contributed by atoms with Crippen molar-refractivity contribution >= 4 is 0 Å². The first-order valence-electron chi connectivity index (χ1n) is 4.27. The summed E-state index contributed by atoms with van der Waals surface area (Å²) in [5.41, 5.74) is 0.408. The fourth-order valence-electron chi connectivity index (χ4n) is 1.60. The van der Waals surface area contributed by atoms with Gasteiger partial charge in [-0.2, -0.15) is 11.8 Å². The molecule has 0 spiro atoms. The van der Waals surface area contributed by atoms with Gasteiger partial charge in [-0.15, -0.1) is 6.42 Å². The zero-order valence-electron chi connectivity index (χ0n) is 10.8. The van der Waals surface area contributed by atoms with Gasteiger partial charge >= 0.3 is 0 Å². The van der Waals surface area contributed by atoms with Crippen molar-refractivity contribution in [2.24, 2.45) is 11.3 Å². The number of hydrogen-bond acceptors (Lipinski definition) is 0. The Morgan fingerprint density at radius 1 is 0.938 bits per heavy atom. The second kappa shape index (κ2) is 21.6. The first-order valence-corrected chi connectivity index (χ1v) is 4.27. The largest absolute Gasteiger partial charge is 0.354 e. The van der Waals surface area contributed by atoms with Crippen molar-refractivity contribution < 1.29 is 196 Å². The van der Waals surface area contributed by atoms with Crippen LogP contribution in [0.15, 0.2) is 0 Å². The second-order valence-electron chi connectivity index (χ2n) is 4.36. The molecule has 16 heavy (non-hydrogen) atoms. The molecule has 0 aromatic heterocycles. The molecule has 1 aliphatic rings. The van der Waals surface area contributed by atoms with E-state index in [1.54, 1.807) is 0 Å². The van der Waals surface area contributed by atoms with E-state index in [-0.39, 0.29) is 196 Å². The Balaban J connectivity index is -0.0000000417. The van der Waals surface area contributed by atoms with E-state index in [1.165, 1.54) is 19.3 Å². The molecular formula is C10H18Y6-2. The molecule has 0 aromatic rings. The number of rotatable bonds is 1. The summed E-state index contributed by atoms with van der Waals surface area (Å²) in [5, 5.41) is 0. The molecule has 6 radical (unpaired) electrons. The van der Waals surface area contributed by atoms with Gasteiger partial charge in [0.25, 0.3) is 0 Å². The van der Waals surface area contributed by atoms with Crippen LogP contribution in [0, 0.1) is 24.2 Å². The first-order chi connectivity index (χ1) is 4.58. The van der Waals surface area contributed by atoms with Crippen LogP contribution in [0.25, 0.3) is 0 Å². The SMILES string of the molecule is CC(C)(C)[CH-]C1[CH-]CCC1.[Y].[Y].[Y].[Y].[Y].[Y]. The molecule has 1 rings (SSSR count). The molecule has 1 unspecified atom stereocenters. The fraction of sp³-hybridized carbons (Fsp3) is 0.800. The predicted molar refractivity (Wildman–Crippen MR) is 45.4 cm³/mol. The molecule has 1 aliphatic carbocycles. The van der Waals surface area contributed by atoms with Gasteiger partial charge < -0.3 is 12.8 Å². The molecular weight excluding hydrogens is 654 g/mol. The van der Waals surface area contributed by atoms with Gasteiger partial charge in [0.05, 0.1) is 0 Å². The monoisotopic (exact) mass is 672 g/mol. The summed E-state index contributed by atoms with van der Waals surface area (Å²) in [6, 6.07) is 0. The van der Waals surface area contributed by atoms with E-state index in [0.717, 1.165) is 5.92 Å². The van der Waals surface area contributed by atoms with Crippen molar-refractivity contribution in [3.8, 4) is 0 Å². The molecule has 1 saturated carbocycles. The van der Waals surface area contributed by atoms with Crippen LogP contribution in [0.2, 0.25) is 0 Å². The summed E-state index contributed by atoms with van der Waals surface area (Å²) in [5.74, 6) is 0.806. The Hall–Kier alpha value is 6.62. The normalized spacial score (nSPS) is 17.1. The van der Waals surface area contributed by atoms with Crippen molar-refractivity contribution in [2.75, 3.05) is 0 Å². The van der Waals surface area contributed by atoms with E-state index in [4.69, 9.17) is 0 Å². The third-order valence-corrected chi connectivity index (χ3v) is 1.93. The van der Waals surface area contributed by atoms with Crippen molar-refractivity contribution in [1.82, 2.24) is 0 Å². The maximum Gasteiger partial charge on any atom is 0 e. The zero-order valence-corrected chi connectivity index (χ0v) is 27.8. The molecule has 0 N–H and O–H groups in total. The van der Waals surface area contributed by atoms with Gasteiger partial charge in [-0.1, -0.05) is 27.2 Å². The molecule has 0 aliphatic heterocycles. The molecule has 0 bridgehead atoms. The minimum Gasteiger partial charge on any atom is -0.354 e. The third-order valence-electron chi connectivity index (χ3n) is 1.93. The van der Waals surface area contributed by atoms with Gasteiger partial charge in [-0.3, -0.25) is 5.92 Å². The average molecular weight is 672 g/mol. The van der Waals surface area contributed by atoms with Crippen LogP contribution in [0.1, 0.15) is 40.0 Å². The molecule has 78 valence electrons. The molecule has 1 atom stereocenters. The van der Waals surface area contributed by atoms with Crippen molar-refractivity contribution in [1.29, 1.82) is 0 Å². The Kier molecular flexibility index (Phi) is 51.7. The average Bonchev–Trinajstić information content (AvgIpc) is 2.12. The van der Waals surface area contributed by atoms with Gasteiger partial charge in [0.2, 0.25) is 0 Å². The predicted octanol–water partition coefficient (Wildman–Crippen LogP) is 3.23. The smallest absolute Gasteiger partial charge is 0 e. The summed E-state index contributed by atoms with van der Waals surface area (Å²) in [6.07, 6.45) is 9.04. The third kappa shape index (κ3) is 22.9. The Bertz CT molecular complexity index is 106. The molecule has 0 nitrogen and oxygen atoms in total. The summed E-state index contributed by atoms with van der Waals surface area (Å²) >= 11 is 0. The van der Waals surface area contributed by atoms with Crippen LogP contribution in [-0.2, 0) is 196 Å². The van der Waals surface area contributed by atoms with Crippen molar-refractivity contribution in [3.63, 3.8) is 0 Å². The molecule has 1 fully saturated rings. The quantitative estimate of drug-likeness (QED) is 0.376. The summed E-state index contributed by atoms with van der Waals surface area (Å²) < 4.78 is 0. The van der Waals surface area contributed by atoms with Crippen LogP contribution >= 0.6 is 0 Å². The fourth-order valence-corrected chi connectivity index (χ4v) is 1.60.